The van der Waals surface area contributed by atoms with Gasteiger partial charge in [0.05, 0.1) is 4.90 Å². The van der Waals surface area contributed by atoms with E-state index in [9.17, 15) is 8.42 Å². The van der Waals surface area contributed by atoms with Gasteiger partial charge in [-0.25, -0.2) is 13.1 Å². The number of benzene rings is 1. The molecule has 1 aliphatic carbocycles. The summed E-state index contributed by atoms with van der Waals surface area (Å²) in [4.78, 5) is 0.325. The molecule has 0 bridgehead atoms. The van der Waals surface area contributed by atoms with Crippen molar-refractivity contribution >= 4 is 15.7 Å². The second-order valence-corrected chi connectivity index (χ2v) is 7.38. The lowest BCUT2D eigenvalue weighted by molar-refractivity contribution is 0.357. The van der Waals surface area contributed by atoms with Gasteiger partial charge in [-0.3, -0.25) is 0 Å². The van der Waals surface area contributed by atoms with Crippen LogP contribution in [0.2, 0.25) is 0 Å². The van der Waals surface area contributed by atoms with Crippen LogP contribution in [0.5, 0.6) is 0 Å². The number of sulfonamides is 1. The van der Waals surface area contributed by atoms with Crippen LogP contribution in [0.15, 0.2) is 29.2 Å². The first-order valence-corrected chi connectivity index (χ1v) is 8.15. The molecule has 1 aromatic rings. The van der Waals surface area contributed by atoms with Crippen molar-refractivity contribution in [2.45, 2.75) is 31.6 Å². The highest BCUT2D eigenvalue weighted by Crippen LogP contribution is 2.51. The lowest BCUT2D eigenvalue weighted by Crippen LogP contribution is -2.32. The van der Waals surface area contributed by atoms with Gasteiger partial charge in [0.1, 0.15) is 0 Å². The largest absolute Gasteiger partial charge is 0.388 e. The summed E-state index contributed by atoms with van der Waals surface area (Å²) in [5, 5.41) is 2.97. The molecule has 0 atom stereocenters. The molecule has 106 valence electrons. The molecule has 0 amide bonds. The summed E-state index contributed by atoms with van der Waals surface area (Å²) in [6.07, 6.45) is 2.23. The van der Waals surface area contributed by atoms with Gasteiger partial charge in [0.15, 0.2) is 0 Å². The highest BCUT2D eigenvalue weighted by molar-refractivity contribution is 7.89. The van der Waals surface area contributed by atoms with Gasteiger partial charge in [-0.15, -0.1) is 0 Å². The van der Waals surface area contributed by atoms with Gasteiger partial charge in [0.25, 0.3) is 0 Å². The maximum Gasteiger partial charge on any atom is 0.240 e. The third-order valence-corrected chi connectivity index (χ3v) is 5.60. The van der Waals surface area contributed by atoms with Crippen LogP contribution in [0.25, 0.3) is 0 Å². The second-order valence-electron chi connectivity index (χ2n) is 5.62. The first kappa shape index (κ1) is 14.3. The summed E-state index contributed by atoms with van der Waals surface area (Å²) in [6.45, 7) is 4.85. The third-order valence-electron chi connectivity index (χ3n) is 4.18. The molecule has 0 spiro atoms. The predicted octanol–water partition coefficient (Wildman–Crippen LogP) is 2.44. The van der Waals surface area contributed by atoms with E-state index in [1.807, 2.05) is 0 Å². The molecule has 0 heterocycles. The van der Waals surface area contributed by atoms with E-state index in [2.05, 4.69) is 23.9 Å². The Balaban J connectivity index is 2.06. The van der Waals surface area contributed by atoms with Gasteiger partial charge in [-0.05, 0) is 48.4 Å². The fourth-order valence-electron chi connectivity index (χ4n) is 2.24. The molecule has 4 nitrogen and oxygen atoms in total. The van der Waals surface area contributed by atoms with Gasteiger partial charge >= 0.3 is 0 Å². The number of rotatable bonds is 6. The van der Waals surface area contributed by atoms with Crippen LogP contribution in [0, 0.1) is 11.3 Å². The number of nitrogens with one attached hydrogen (secondary N) is 2. The van der Waals surface area contributed by atoms with Crippen molar-refractivity contribution in [2.75, 3.05) is 18.9 Å². The Kier molecular flexibility index (Phi) is 3.87. The van der Waals surface area contributed by atoms with Crippen LogP contribution in [0.1, 0.15) is 26.7 Å². The molecule has 0 radical (unpaired) electrons. The Bertz CT molecular complexity index is 531. The van der Waals surface area contributed by atoms with Crippen LogP contribution < -0.4 is 10.0 Å². The van der Waals surface area contributed by atoms with Gasteiger partial charge < -0.3 is 5.32 Å². The van der Waals surface area contributed by atoms with Gasteiger partial charge in [0, 0.05) is 19.3 Å². The minimum absolute atomic E-state index is 0.179. The van der Waals surface area contributed by atoms with Gasteiger partial charge in [-0.2, -0.15) is 0 Å². The van der Waals surface area contributed by atoms with E-state index in [0.29, 0.717) is 17.4 Å². The Morgan fingerprint density at radius 3 is 2.21 bits per heavy atom. The maximum atomic E-state index is 12.2. The maximum absolute atomic E-state index is 12.2. The van der Waals surface area contributed by atoms with Crippen molar-refractivity contribution in [1.82, 2.24) is 4.72 Å². The molecule has 1 saturated carbocycles. The average molecular weight is 282 g/mol. The molecular weight excluding hydrogens is 260 g/mol. The van der Waals surface area contributed by atoms with E-state index >= 15 is 0 Å². The van der Waals surface area contributed by atoms with Crippen molar-refractivity contribution in [3.05, 3.63) is 24.3 Å². The Morgan fingerprint density at radius 2 is 1.79 bits per heavy atom. The lowest BCUT2D eigenvalue weighted by atomic mass is 9.93. The minimum atomic E-state index is -3.39. The van der Waals surface area contributed by atoms with E-state index in [-0.39, 0.29) is 5.41 Å². The molecule has 2 rings (SSSR count). The van der Waals surface area contributed by atoms with Gasteiger partial charge in [0.2, 0.25) is 10.0 Å². The summed E-state index contributed by atoms with van der Waals surface area (Å²) >= 11 is 0. The van der Waals surface area contributed by atoms with Crippen LogP contribution in [-0.4, -0.2) is 22.0 Å². The lowest BCUT2D eigenvalue weighted by Gasteiger charge is -2.20. The van der Waals surface area contributed by atoms with Crippen LogP contribution in [0.4, 0.5) is 5.69 Å². The number of anilines is 1. The molecule has 19 heavy (non-hydrogen) atoms. The first-order valence-electron chi connectivity index (χ1n) is 6.67. The molecule has 0 saturated heterocycles. The van der Waals surface area contributed by atoms with E-state index in [0.717, 1.165) is 18.5 Å². The molecule has 1 aliphatic rings. The predicted molar refractivity (Wildman–Crippen MR) is 77.7 cm³/mol. The molecule has 1 fully saturated rings. The topological polar surface area (TPSA) is 58.2 Å². The fourth-order valence-corrected chi connectivity index (χ4v) is 3.38. The molecule has 0 unspecified atom stereocenters. The second kappa shape index (κ2) is 5.13. The summed E-state index contributed by atoms with van der Waals surface area (Å²) in [7, 11) is -1.58. The molecule has 1 aromatic carbocycles. The van der Waals surface area contributed by atoms with Crippen molar-refractivity contribution in [3.8, 4) is 0 Å². The molecule has 5 heteroatoms. The highest BCUT2D eigenvalue weighted by Gasteiger charge is 2.45. The number of hydrogen-bond acceptors (Lipinski definition) is 3. The summed E-state index contributed by atoms with van der Waals surface area (Å²) < 4.78 is 27.1. The van der Waals surface area contributed by atoms with E-state index < -0.39 is 10.0 Å². The highest BCUT2D eigenvalue weighted by atomic mass is 32.2. The Morgan fingerprint density at radius 1 is 1.21 bits per heavy atom. The smallest absolute Gasteiger partial charge is 0.240 e. The molecular formula is C14H22N2O2S. The molecule has 0 aliphatic heterocycles. The van der Waals surface area contributed by atoms with Crippen LogP contribution >= 0.6 is 0 Å². The monoisotopic (exact) mass is 282 g/mol. The zero-order valence-corrected chi connectivity index (χ0v) is 12.5. The normalized spacial score (nSPS) is 17.5. The van der Waals surface area contributed by atoms with Crippen LogP contribution in [0.3, 0.4) is 0 Å². The minimum Gasteiger partial charge on any atom is -0.388 e. The third kappa shape index (κ3) is 3.09. The Labute approximate surface area is 115 Å². The zero-order chi connectivity index (χ0) is 14.1. The fraction of sp³-hybridized carbons (Fsp3) is 0.571. The quantitative estimate of drug-likeness (QED) is 0.842. The van der Waals surface area contributed by atoms with Crippen molar-refractivity contribution in [1.29, 1.82) is 0 Å². The average Bonchev–Trinajstić information content (AvgIpc) is 3.18. The van der Waals surface area contributed by atoms with Crippen LogP contribution in [-0.2, 0) is 10.0 Å². The zero-order valence-electron chi connectivity index (χ0n) is 11.7. The number of hydrogen-bond donors (Lipinski definition) is 2. The molecule has 2 N–H and O–H groups in total. The first-order chi connectivity index (χ1) is 8.89. The summed E-state index contributed by atoms with van der Waals surface area (Å²) in [6, 6.07) is 6.79. The van der Waals surface area contributed by atoms with Crippen molar-refractivity contribution in [3.63, 3.8) is 0 Å². The standard InChI is InChI=1S/C14H22N2O2S/c1-11(2)14(8-9-14)10-16-19(17,18)13-6-4-12(15-3)5-7-13/h4-7,11,15-16H,8-10H2,1-3H3. The summed E-state index contributed by atoms with van der Waals surface area (Å²) in [5.74, 6) is 0.516. The van der Waals surface area contributed by atoms with Crippen molar-refractivity contribution in [2.24, 2.45) is 11.3 Å². The van der Waals surface area contributed by atoms with Crippen molar-refractivity contribution < 1.29 is 8.42 Å². The summed E-state index contributed by atoms with van der Waals surface area (Å²) in [5.41, 5.74) is 1.08. The van der Waals surface area contributed by atoms with E-state index in [1.165, 1.54) is 0 Å². The van der Waals surface area contributed by atoms with E-state index in [1.54, 1.807) is 31.3 Å². The van der Waals surface area contributed by atoms with E-state index in [4.69, 9.17) is 0 Å². The van der Waals surface area contributed by atoms with Gasteiger partial charge in [-0.1, -0.05) is 13.8 Å². The Hall–Kier alpha value is -1.07. The SMILES string of the molecule is CNc1ccc(S(=O)(=O)NCC2(C(C)C)CC2)cc1. The molecule has 0 aromatic heterocycles.